The van der Waals surface area contributed by atoms with Crippen LogP contribution in [0.3, 0.4) is 0 Å². The van der Waals surface area contributed by atoms with Crippen LogP contribution in [-0.2, 0) is 32.6 Å². The van der Waals surface area contributed by atoms with Crippen molar-refractivity contribution in [3.05, 3.63) is 56.6 Å². The molecule has 0 saturated heterocycles. The average molecular weight is 929 g/mol. The van der Waals surface area contributed by atoms with Crippen LogP contribution >= 0.6 is 0 Å². The van der Waals surface area contributed by atoms with Gasteiger partial charge in [0.1, 0.15) is 0 Å². The van der Waals surface area contributed by atoms with Crippen LogP contribution in [-0.4, -0.2) is 0 Å². The zero-order valence-electron chi connectivity index (χ0n) is 41.5. The fraction of sp³-hybridized carbons (Fsp3) is 0.821. The molecule has 0 heterocycles. The minimum Gasteiger partial charge on any atom is -1.00 e. The molecule has 2 aromatic carbocycles. The Kier molecular flexibility index (Phi) is 22.9. The fourth-order valence-electron chi connectivity index (χ4n) is 14.0. The van der Waals surface area contributed by atoms with Crippen molar-refractivity contribution in [2.24, 2.45) is 71.0 Å². The molecule has 4 aliphatic carbocycles. The molecule has 4 saturated carbocycles. The van der Waals surface area contributed by atoms with Gasteiger partial charge in [0.2, 0.25) is 0 Å². The van der Waals surface area contributed by atoms with Gasteiger partial charge in [-0.05, 0) is 89.8 Å². The summed E-state index contributed by atoms with van der Waals surface area (Å²) >= 11 is 0. The zero-order chi connectivity index (χ0) is 41.2. The summed E-state index contributed by atoms with van der Waals surface area (Å²) in [6.45, 7) is 40.1. The van der Waals surface area contributed by atoms with E-state index in [0.717, 1.165) is 94.7 Å². The van der Waals surface area contributed by atoms with Gasteiger partial charge in [0.05, 0.1) is 0 Å². The third-order valence-electron chi connectivity index (χ3n) is 17.1. The molecule has 59 heavy (non-hydrogen) atoms. The quantitative estimate of drug-likeness (QED) is 0.208. The van der Waals surface area contributed by atoms with Crippen LogP contribution in [0.1, 0.15) is 242 Å². The number of halogens is 2. The summed E-state index contributed by atoms with van der Waals surface area (Å²) in [6, 6.07) is 4.41. The first-order valence-electron chi connectivity index (χ1n) is 25.0. The van der Waals surface area contributed by atoms with Crippen molar-refractivity contribution >= 4 is 0 Å². The van der Waals surface area contributed by atoms with Gasteiger partial charge in [0, 0.05) is 0 Å². The van der Waals surface area contributed by atoms with Crippen LogP contribution in [0.25, 0.3) is 0 Å². The number of aryl methyl sites for hydroxylation is 3. The second-order valence-electron chi connectivity index (χ2n) is 23.0. The number of hydrogen-bond donors (Lipinski definition) is 0. The van der Waals surface area contributed by atoms with E-state index in [-0.39, 0.29) is 51.0 Å². The van der Waals surface area contributed by atoms with Crippen molar-refractivity contribution in [2.45, 2.75) is 224 Å². The smallest absolute Gasteiger partial charge is 1.00 e. The van der Waals surface area contributed by atoms with Crippen molar-refractivity contribution in [3.8, 4) is 0 Å². The van der Waals surface area contributed by atoms with Gasteiger partial charge in [-0.1, -0.05) is 206 Å². The van der Waals surface area contributed by atoms with E-state index < -0.39 is 0 Å². The molecule has 0 aromatic heterocycles. The fourth-order valence-corrected chi connectivity index (χ4v) is 14.0. The molecule has 0 N–H and O–H groups in total. The van der Waals surface area contributed by atoms with E-state index in [1.165, 1.54) is 107 Å². The summed E-state index contributed by atoms with van der Waals surface area (Å²) in [5, 5.41) is 0. The molecule has 3 heteroatoms. The predicted molar refractivity (Wildman–Crippen MR) is 249 cm³/mol. The first-order chi connectivity index (χ1) is 26.4. The van der Waals surface area contributed by atoms with Gasteiger partial charge < -0.3 is 24.8 Å². The summed E-state index contributed by atoms with van der Waals surface area (Å²) in [5.74, 6) is 12.9. The number of rotatable bonds is 10. The largest absolute Gasteiger partial charge is 4.00 e. The average Bonchev–Trinajstić information content (AvgIpc) is 3.61. The van der Waals surface area contributed by atoms with E-state index in [0.29, 0.717) is 0 Å². The third-order valence-corrected chi connectivity index (χ3v) is 17.1. The molecule has 0 amide bonds. The standard InChI is InChI=1S/C48H83.C8H11.2ClH.Zr/c1-14-15-40-45(41-24-32(10)16-20-36(41)28(2)3)47(43-26-34(12)18-22-38(43)30(6)7)48(44-27-35(13)19-23-39(44)31(8)9)46(40)42-25-33(11)17-21-37(42)29(4)5;1-6-4-7(2)8(3)5-6;;;/h28-39,41-44H,14-27H2,1-13H3;4-5H,1-3H3;2*1H;/q2*-1;;;+4/p-2. The van der Waals surface area contributed by atoms with E-state index in [4.69, 9.17) is 0 Å². The second kappa shape index (κ2) is 24.5. The molecule has 2 aromatic rings. The van der Waals surface area contributed by atoms with Gasteiger partial charge in [-0.15, -0.1) is 5.56 Å². The van der Waals surface area contributed by atoms with Gasteiger partial charge in [-0.2, -0.15) is 39.4 Å². The summed E-state index contributed by atoms with van der Waals surface area (Å²) in [5.41, 5.74) is 14.2. The maximum atomic E-state index is 2.62. The molecular formula is C56H94Cl2Zr. The zero-order valence-corrected chi connectivity index (χ0v) is 45.5. The Labute approximate surface area is 400 Å². The van der Waals surface area contributed by atoms with Gasteiger partial charge in [-0.3, -0.25) is 0 Å². The van der Waals surface area contributed by atoms with Crippen molar-refractivity contribution < 1.29 is 51.0 Å². The monoisotopic (exact) mass is 927 g/mol. The molecule has 4 aliphatic rings. The Morgan fingerprint density at radius 3 is 1.32 bits per heavy atom. The Bertz CT molecular complexity index is 1400. The van der Waals surface area contributed by atoms with Crippen molar-refractivity contribution in [2.75, 3.05) is 0 Å². The van der Waals surface area contributed by atoms with E-state index >= 15 is 0 Å². The molecule has 0 spiro atoms. The van der Waals surface area contributed by atoms with Gasteiger partial charge in [0.15, 0.2) is 0 Å². The molecular weight excluding hydrogens is 835 g/mol. The SMILES string of the molecule is CCCc1c(C2CC(C)CCC2C(C)C)c(C2CC(C)CCC2C(C)C)c(C2CC(C)CCC2C(C)C)[c-]1C1CC(C)CCC1C(C)C.Cc1cc(C)[c-](C)c1.[Cl-].[Cl-].[Zr+4]. The topological polar surface area (TPSA) is 0 Å². The van der Waals surface area contributed by atoms with Crippen LogP contribution in [0.2, 0.25) is 0 Å². The van der Waals surface area contributed by atoms with E-state index in [2.05, 4.69) is 123 Å². The van der Waals surface area contributed by atoms with Crippen LogP contribution in [0.4, 0.5) is 0 Å². The van der Waals surface area contributed by atoms with Gasteiger partial charge in [-0.25, -0.2) is 11.6 Å². The van der Waals surface area contributed by atoms with E-state index in [9.17, 15) is 0 Å². The van der Waals surface area contributed by atoms with Crippen LogP contribution in [0.5, 0.6) is 0 Å². The van der Waals surface area contributed by atoms with Crippen molar-refractivity contribution in [1.82, 2.24) is 0 Å². The van der Waals surface area contributed by atoms with Crippen LogP contribution in [0, 0.1) is 91.8 Å². The Morgan fingerprint density at radius 1 is 0.559 bits per heavy atom. The Hall–Kier alpha value is 0.163. The predicted octanol–water partition coefficient (Wildman–Crippen LogP) is 11.4. The molecule has 6 rings (SSSR count). The maximum absolute atomic E-state index is 2.62. The molecule has 0 aliphatic heterocycles. The summed E-state index contributed by atoms with van der Waals surface area (Å²) < 4.78 is 0. The summed E-state index contributed by atoms with van der Waals surface area (Å²) in [4.78, 5) is 0. The minimum absolute atomic E-state index is 0. The molecule has 0 radical (unpaired) electrons. The Morgan fingerprint density at radius 2 is 0.949 bits per heavy atom. The first-order valence-corrected chi connectivity index (χ1v) is 25.0. The maximum Gasteiger partial charge on any atom is 4.00 e. The van der Waals surface area contributed by atoms with Gasteiger partial charge >= 0.3 is 26.2 Å². The summed E-state index contributed by atoms with van der Waals surface area (Å²) in [6.07, 6.45) is 19.9. The van der Waals surface area contributed by atoms with E-state index in [1.54, 1.807) is 0 Å². The molecule has 336 valence electrons. The van der Waals surface area contributed by atoms with E-state index in [1.807, 2.05) is 27.8 Å². The second-order valence-corrected chi connectivity index (χ2v) is 23.0. The molecule has 12 unspecified atom stereocenters. The molecule has 0 nitrogen and oxygen atoms in total. The number of hydrogen-bond acceptors (Lipinski definition) is 0. The van der Waals surface area contributed by atoms with Crippen molar-refractivity contribution in [1.29, 1.82) is 0 Å². The Balaban J connectivity index is 0.000000977. The van der Waals surface area contributed by atoms with Crippen molar-refractivity contribution in [3.63, 3.8) is 0 Å². The molecule has 12 atom stereocenters. The minimum atomic E-state index is 0. The van der Waals surface area contributed by atoms with Gasteiger partial charge in [0.25, 0.3) is 0 Å². The van der Waals surface area contributed by atoms with Crippen LogP contribution in [0.15, 0.2) is 12.1 Å². The molecule has 0 bridgehead atoms. The first kappa shape index (κ1) is 55.3. The third kappa shape index (κ3) is 12.9. The summed E-state index contributed by atoms with van der Waals surface area (Å²) in [7, 11) is 0. The molecule has 4 fully saturated rings. The van der Waals surface area contributed by atoms with Crippen LogP contribution < -0.4 is 24.8 Å². The normalized spacial score (nSPS) is 32.6.